The third-order valence-electron chi connectivity index (χ3n) is 6.76. The second-order valence-corrected chi connectivity index (χ2v) is 9.42. The summed E-state index contributed by atoms with van der Waals surface area (Å²) in [4.78, 5) is 12.6. The summed E-state index contributed by atoms with van der Waals surface area (Å²) in [6, 6.07) is 11.2. The van der Waals surface area contributed by atoms with Gasteiger partial charge in [0.05, 0.1) is 38.5 Å². The van der Waals surface area contributed by atoms with E-state index in [0.29, 0.717) is 6.04 Å². The van der Waals surface area contributed by atoms with Crippen LogP contribution in [-0.4, -0.2) is 104 Å². The molecule has 0 aliphatic carbocycles. The van der Waals surface area contributed by atoms with Crippen molar-refractivity contribution >= 4 is 5.96 Å². The monoisotopic (exact) mass is 429 g/mol. The van der Waals surface area contributed by atoms with Crippen LogP contribution in [0, 0.1) is 0 Å². The van der Waals surface area contributed by atoms with Crippen molar-refractivity contribution in [3.05, 3.63) is 35.9 Å². The molecule has 0 radical (unpaired) electrons. The third-order valence-corrected chi connectivity index (χ3v) is 6.76. The van der Waals surface area contributed by atoms with Crippen molar-refractivity contribution in [3.63, 3.8) is 0 Å². The summed E-state index contributed by atoms with van der Waals surface area (Å²) >= 11 is 0. The van der Waals surface area contributed by atoms with Crippen LogP contribution in [-0.2, 0) is 16.0 Å². The molecule has 7 nitrogen and oxygen atoms in total. The van der Waals surface area contributed by atoms with E-state index in [-0.39, 0.29) is 11.6 Å². The largest absolute Gasteiger partial charge is 0.379 e. The van der Waals surface area contributed by atoms with Gasteiger partial charge in [0.1, 0.15) is 0 Å². The molecule has 4 rings (SSSR count). The van der Waals surface area contributed by atoms with Crippen molar-refractivity contribution in [1.82, 2.24) is 20.0 Å². The zero-order chi connectivity index (χ0) is 21.7. The molecule has 3 heterocycles. The van der Waals surface area contributed by atoms with Crippen LogP contribution in [0.3, 0.4) is 0 Å². The van der Waals surface area contributed by atoms with Crippen molar-refractivity contribution in [2.45, 2.75) is 45.0 Å². The van der Waals surface area contributed by atoms with Gasteiger partial charge in [0.15, 0.2) is 5.96 Å². The van der Waals surface area contributed by atoms with Crippen LogP contribution >= 0.6 is 0 Å². The minimum Gasteiger partial charge on any atom is -0.379 e. The fourth-order valence-corrected chi connectivity index (χ4v) is 4.91. The molecule has 2 unspecified atom stereocenters. The Morgan fingerprint density at radius 3 is 2.61 bits per heavy atom. The van der Waals surface area contributed by atoms with Gasteiger partial charge in [-0.15, -0.1) is 0 Å². The number of nitrogens with one attached hydrogen (secondary N) is 1. The molecule has 3 aliphatic rings. The Hall–Kier alpha value is -1.67. The lowest BCUT2D eigenvalue weighted by molar-refractivity contribution is -0.0502. The van der Waals surface area contributed by atoms with Crippen molar-refractivity contribution in [2.75, 3.05) is 65.6 Å². The molecule has 3 aliphatic heterocycles. The number of likely N-dealkylation sites (tertiary alicyclic amines) is 1. The van der Waals surface area contributed by atoms with Gasteiger partial charge < -0.3 is 19.7 Å². The van der Waals surface area contributed by atoms with Crippen molar-refractivity contribution in [3.8, 4) is 0 Å². The SMILES string of the molecule is CCNC(=NCC(C)(C)N1CCOCC1)N1CC2OCCN(Cc3ccccc3)C2C1. The molecule has 0 saturated carbocycles. The lowest BCUT2D eigenvalue weighted by atomic mass is 10.0. The van der Waals surface area contributed by atoms with Gasteiger partial charge in [0.25, 0.3) is 0 Å². The van der Waals surface area contributed by atoms with E-state index in [1.807, 2.05) is 0 Å². The topological polar surface area (TPSA) is 52.6 Å². The predicted octanol–water partition coefficient (Wildman–Crippen LogP) is 1.65. The van der Waals surface area contributed by atoms with E-state index in [9.17, 15) is 0 Å². The Kier molecular flexibility index (Phi) is 7.48. The summed E-state index contributed by atoms with van der Waals surface area (Å²) < 4.78 is 11.7. The second kappa shape index (κ2) is 10.3. The van der Waals surface area contributed by atoms with Crippen LogP contribution in [0.1, 0.15) is 26.3 Å². The summed E-state index contributed by atoms with van der Waals surface area (Å²) in [6.07, 6.45) is 0.244. The molecule has 7 heteroatoms. The number of hydrogen-bond acceptors (Lipinski definition) is 5. The number of morpholine rings is 2. The second-order valence-electron chi connectivity index (χ2n) is 9.42. The van der Waals surface area contributed by atoms with Gasteiger partial charge in [-0.3, -0.25) is 14.8 Å². The number of benzene rings is 1. The first kappa shape index (κ1) is 22.5. The van der Waals surface area contributed by atoms with Crippen molar-refractivity contribution in [1.29, 1.82) is 0 Å². The van der Waals surface area contributed by atoms with Crippen LogP contribution < -0.4 is 5.32 Å². The molecule has 2 atom stereocenters. The van der Waals surface area contributed by atoms with E-state index >= 15 is 0 Å². The number of aliphatic imine (C=N–C) groups is 1. The smallest absolute Gasteiger partial charge is 0.194 e. The first-order valence-electron chi connectivity index (χ1n) is 11.8. The average Bonchev–Trinajstić information content (AvgIpc) is 3.23. The Bertz CT molecular complexity index is 720. The summed E-state index contributed by atoms with van der Waals surface area (Å²) in [5, 5.41) is 3.53. The first-order chi connectivity index (χ1) is 15.1. The van der Waals surface area contributed by atoms with Gasteiger partial charge in [-0.1, -0.05) is 30.3 Å². The lowest BCUT2D eigenvalue weighted by Crippen LogP contribution is -2.52. The maximum Gasteiger partial charge on any atom is 0.194 e. The lowest BCUT2D eigenvalue weighted by Gasteiger charge is -2.40. The van der Waals surface area contributed by atoms with Crippen molar-refractivity contribution in [2.24, 2.45) is 4.99 Å². The highest BCUT2D eigenvalue weighted by molar-refractivity contribution is 5.80. The molecule has 0 spiro atoms. The number of fused-ring (bicyclic) bond motifs is 1. The van der Waals surface area contributed by atoms with Gasteiger partial charge >= 0.3 is 0 Å². The Morgan fingerprint density at radius 2 is 1.87 bits per heavy atom. The van der Waals surface area contributed by atoms with Gasteiger partial charge in [0.2, 0.25) is 0 Å². The first-order valence-corrected chi connectivity index (χ1v) is 11.8. The minimum atomic E-state index is 0.0206. The van der Waals surface area contributed by atoms with E-state index in [2.05, 4.69) is 71.1 Å². The quantitative estimate of drug-likeness (QED) is 0.548. The molecular formula is C24H39N5O2. The highest BCUT2D eigenvalue weighted by Gasteiger charge is 2.41. The normalized spacial score (nSPS) is 26.2. The van der Waals surface area contributed by atoms with Crippen LogP contribution in [0.4, 0.5) is 0 Å². The molecule has 0 bridgehead atoms. The Labute approximate surface area is 187 Å². The highest BCUT2D eigenvalue weighted by Crippen LogP contribution is 2.25. The fourth-order valence-electron chi connectivity index (χ4n) is 4.91. The number of ether oxygens (including phenoxy) is 2. The standard InChI is InChI=1S/C24H39N5O2/c1-4-25-23(26-19-24(2,3)29-11-13-30-14-12-29)28-17-21-22(18-28)31-15-10-27(21)16-20-8-6-5-7-9-20/h5-9,21-22H,4,10-19H2,1-3H3,(H,25,26). The van der Waals surface area contributed by atoms with Crippen LogP contribution in [0.25, 0.3) is 0 Å². The maximum atomic E-state index is 6.18. The molecule has 1 aromatic rings. The minimum absolute atomic E-state index is 0.0206. The van der Waals surface area contributed by atoms with Crippen LogP contribution in [0.5, 0.6) is 0 Å². The number of guanidine groups is 1. The predicted molar refractivity (Wildman–Crippen MR) is 124 cm³/mol. The zero-order valence-electron chi connectivity index (χ0n) is 19.4. The fraction of sp³-hybridized carbons (Fsp3) is 0.708. The molecule has 0 amide bonds. The average molecular weight is 430 g/mol. The van der Waals surface area contributed by atoms with E-state index in [1.165, 1.54) is 5.56 Å². The molecule has 31 heavy (non-hydrogen) atoms. The third kappa shape index (κ3) is 5.58. The zero-order valence-corrected chi connectivity index (χ0v) is 19.4. The number of hydrogen-bond donors (Lipinski definition) is 1. The Balaban J connectivity index is 1.42. The summed E-state index contributed by atoms with van der Waals surface area (Å²) in [7, 11) is 0. The Morgan fingerprint density at radius 1 is 1.10 bits per heavy atom. The van der Waals surface area contributed by atoms with Crippen molar-refractivity contribution < 1.29 is 9.47 Å². The molecule has 3 saturated heterocycles. The van der Waals surface area contributed by atoms with Gasteiger partial charge in [0, 0.05) is 51.4 Å². The van der Waals surface area contributed by atoms with Crippen LogP contribution in [0.2, 0.25) is 0 Å². The number of nitrogens with zero attached hydrogens (tertiary/aromatic N) is 4. The molecule has 172 valence electrons. The molecule has 1 N–H and O–H groups in total. The highest BCUT2D eigenvalue weighted by atomic mass is 16.5. The number of rotatable bonds is 6. The van der Waals surface area contributed by atoms with E-state index in [1.54, 1.807) is 0 Å². The molecular weight excluding hydrogens is 390 g/mol. The molecule has 1 aromatic carbocycles. The van der Waals surface area contributed by atoms with Crippen LogP contribution in [0.15, 0.2) is 35.3 Å². The van der Waals surface area contributed by atoms with E-state index in [4.69, 9.17) is 14.5 Å². The maximum absolute atomic E-state index is 6.18. The summed E-state index contributed by atoms with van der Waals surface area (Å²) in [5.41, 5.74) is 1.39. The van der Waals surface area contributed by atoms with Gasteiger partial charge in [-0.2, -0.15) is 0 Å². The van der Waals surface area contributed by atoms with E-state index in [0.717, 1.165) is 78.1 Å². The van der Waals surface area contributed by atoms with Gasteiger partial charge in [-0.25, -0.2) is 0 Å². The molecule has 0 aromatic heterocycles. The summed E-state index contributed by atoms with van der Waals surface area (Å²) in [5.74, 6) is 1.02. The molecule has 3 fully saturated rings. The van der Waals surface area contributed by atoms with E-state index < -0.39 is 0 Å². The summed E-state index contributed by atoms with van der Waals surface area (Å²) in [6.45, 7) is 16.6. The van der Waals surface area contributed by atoms with Gasteiger partial charge in [-0.05, 0) is 26.3 Å².